The van der Waals surface area contributed by atoms with Crippen molar-refractivity contribution in [1.29, 1.82) is 0 Å². The molecule has 0 saturated carbocycles. The molecule has 1 aromatic heterocycles. The van der Waals surface area contributed by atoms with Crippen molar-refractivity contribution in [3.8, 4) is 0 Å². The molecule has 0 radical (unpaired) electrons. The van der Waals surface area contributed by atoms with Crippen molar-refractivity contribution in [3.63, 3.8) is 0 Å². The molecule has 0 bridgehead atoms. The molecule has 1 nitrogen and oxygen atoms in total. The molecule has 0 amide bonds. The topological polar surface area (TPSA) is 12.9 Å². The third-order valence-corrected chi connectivity index (χ3v) is 3.81. The minimum atomic E-state index is 0.568. The number of nitrogens with zero attached hydrogens (tertiary/aromatic N) is 1. The van der Waals surface area contributed by atoms with Gasteiger partial charge in [-0.3, -0.25) is 0 Å². The fourth-order valence-corrected chi connectivity index (χ4v) is 2.86. The second-order valence-electron chi connectivity index (χ2n) is 4.66. The summed E-state index contributed by atoms with van der Waals surface area (Å²) < 4.78 is 0. The van der Waals surface area contributed by atoms with Crippen molar-refractivity contribution >= 4 is 44.0 Å². The second kappa shape index (κ2) is 3.94. The highest BCUT2D eigenvalue weighted by Crippen LogP contribution is 2.31. The Labute approximate surface area is 115 Å². The van der Waals surface area contributed by atoms with Gasteiger partial charge in [0.15, 0.2) is 0 Å². The molecule has 4 rings (SSSR count). The number of hydrogen-bond acceptors (Lipinski definition) is 1. The van der Waals surface area contributed by atoms with E-state index < -0.39 is 0 Å². The van der Waals surface area contributed by atoms with Gasteiger partial charge in [-0.25, -0.2) is 4.98 Å². The van der Waals surface area contributed by atoms with Gasteiger partial charge >= 0.3 is 0 Å². The molecule has 2 heteroatoms. The van der Waals surface area contributed by atoms with Crippen LogP contribution in [-0.2, 0) is 0 Å². The summed E-state index contributed by atoms with van der Waals surface area (Å²) in [4.78, 5) is 4.52. The summed E-state index contributed by atoms with van der Waals surface area (Å²) in [5, 5.41) is 6.30. The molecule has 4 aromatic rings. The quantitative estimate of drug-likeness (QED) is 0.242. The van der Waals surface area contributed by atoms with Gasteiger partial charge in [0.2, 0.25) is 0 Å². The molecule has 0 unspecified atom stereocenters. The van der Waals surface area contributed by atoms with E-state index in [9.17, 15) is 0 Å². The fourth-order valence-electron chi connectivity index (χ4n) is 2.60. The lowest BCUT2D eigenvalue weighted by Gasteiger charge is -2.07. The van der Waals surface area contributed by atoms with Crippen LogP contribution in [0.4, 0.5) is 0 Å². The first kappa shape index (κ1) is 10.8. The number of hydrogen-bond donors (Lipinski definition) is 0. The molecule has 0 saturated heterocycles. The molecule has 0 atom stereocenters. The molecule has 0 aliphatic heterocycles. The van der Waals surface area contributed by atoms with Crippen LogP contribution in [0.2, 0.25) is 5.15 Å². The number of aromatic nitrogens is 1. The maximum Gasteiger partial charge on any atom is 0.137 e. The fraction of sp³-hybridized carbons (Fsp3) is 0. The molecule has 90 valence electrons. The SMILES string of the molecule is Clc1nc2cc3ccccc3cc2c2ccccc12. The van der Waals surface area contributed by atoms with Crippen LogP contribution in [0.1, 0.15) is 0 Å². The van der Waals surface area contributed by atoms with Crippen LogP contribution in [0.5, 0.6) is 0 Å². The molecular formula is C17H10ClN. The standard InChI is InChI=1S/C17H10ClN/c18-17-14-8-4-3-7-13(14)15-9-11-5-1-2-6-12(11)10-16(15)19-17/h1-10H. The third-order valence-electron chi connectivity index (χ3n) is 3.52. The highest BCUT2D eigenvalue weighted by atomic mass is 35.5. The number of fused-ring (bicyclic) bond motifs is 4. The van der Waals surface area contributed by atoms with E-state index in [4.69, 9.17) is 11.6 Å². The lowest BCUT2D eigenvalue weighted by molar-refractivity contribution is 1.45. The van der Waals surface area contributed by atoms with Crippen molar-refractivity contribution in [3.05, 3.63) is 65.8 Å². The van der Waals surface area contributed by atoms with Crippen molar-refractivity contribution in [2.45, 2.75) is 0 Å². The molecule has 0 fully saturated rings. The molecule has 0 spiro atoms. The number of benzene rings is 3. The van der Waals surface area contributed by atoms with Gasteiger partial charge in [-0.1, -0.05) is 60.1 Å². The van der Waals surface area contributed by atoms with Crippen LogP contribution < -0.4 is 0 Å². The van der Waals surface area contributed by atoms with E-state index in [0.29, 0.717) is 5.15 Å². The van der Waals surface area contributed by atoms with Crippen LogP contribution in [-0.4, -0.2) is 4.98 Å². The highest BCUT2D eigenvalue weighted by molar-refractivity contribution is 6.36. The molecular weight excluding hydrogens is 254 g/mol. The molecule has 1 heterocycles. The number of halogens is 1. The summed E-state index contributed by atoms with van der Waals surface area (Å²) in [6, 6.07) is 20.7. The Morgan fingerprint density at radius 3 is 2.11 bits per heavy atom. The van der Waals surface area contributed by atoms with E-state index in [0.717, 1.165) is 21.7 Å². The minimum Gasteiger partial charge on any atom is -0.235 e. The second-order valence-corrected chi connectivity index (χ2v) is 5.02. The lowest BCUT2D eigenvalue weighted by atomic mass is 10.0. The largest absolute Gasteiger partial charge is 0.235 e. The normalized spacial score (nSPS) is 11.4. The van der Waals surface area contributed by atoms with Gasteiger partial charge in [0.05, 0.1) is 5.52 Å². The first-order valence-corrected chi connectivity index (χ1v) is 6.57. The molecule has 3 aromatic carbocycles. The Kier molecular flexibility index (Phi) is 2.23. The minimum absolute atomic E-state index is 0.568. The van der Waals surface area contributed by atoms with E-state index in [1.54, 1.807) is 0 Å². The van der Waals surface area contributed by atoms with Crippen LogP contribution in [0, 0.1) is 0 Å². The van der Waals surface area contributed by atoms with Gasteiger partial charge < -0.3 is 0 Å². The lowest BCUT2D eigenvalue weighted by Crippen LogP contribution is -1.85. The Morgan fingerprint density at radius 1 is 0.684 bits per heavy atom. The average molecular weight is 264 g/mol. The zero-order valence-corrected chi connectivity index (χ0v) is 10.9. The van der Waals surface area contributed by atoms with E-state index in [1.165, 1.54) is 10.8 Å². The zero-order valence-electron chi connectivity index (χ0n) is 10.1. The van der Waals surface area contributed by atoms with Crippen molar-refractivity contribution in [1.82, 2.24) is 4.98 Å². The zero-order chi connectivity index (χ0) is 12.8. The predicted molar refractivity (Wildman–Crippen MR) is 81.8 cm³/mol. The average Bonchev–Trinajstić information content (AvgIpc) is 2.46. The van der Waals surface area contributed by atoms with Crippen LogP contribution in [0.3, 0.4) is 0 Å². The van der Waals surface area contributed by atoms with Gasteiger partial charge in [-0.2, -0.15) is 0 Å². The summed E-state index contributed by atoms with van der Waals surface area (Å²) in [6.45, 7) is 0. The van der Waals surface area contributed by atoms with Crippen molar-refractivity contribution < 1.29 is 0 Å². The Hall–Kier alpha value is -2.12. The van der Waals surface area contributed by atoms with Gasteiger partial charge in [-0.05, 0) is 28.3 Å². The Balaban J connectivity index is 2.29. The third kappa shape index (κ3) is 1.59. The van der Waals surface area contributed by atoms with E-state index in [1.807, 2.05) is 24.3 Å². The Bertz CT molecular complexity index is 928. The van der Waals surface area contributed by atoms with Gasteiger partial charge in [-0.15, -0.1) is 0 Å². The van der Waals surface area contributed by atoms with Crippen LogP contribution in [0.25, 0.3) is 32.4 Å². The van der Waals surface area contributed by atoms with E-state index in [-0.39, 0.29) is 0 Å². The summed E-state index contributed by atoms with van der Waals surface area (Å²) >= 11 is 6.28. The van der Waals surface area contributed by atoms with E-state index >= 15 is 0 Å². The van der Waals surface area contributed by atoms with E-state index in [2.05, 4.69) is 41.4 Å². The maximum atomic E-state index is 6.28. The molecule has 0 aliphatic carbocycles. The van der Waals surface area contributed by atoms with Gasteiger partial charge in [0, 0.05) is 10.8 Å². The smallest absolute Gasteiger partial charge is 0.137 e. The van der Waals surface area contributed by atoms with Gasteiger partial charge in [0.25, 0.3) is 0 Å². The van der Waals surface area contributed by atoms with Crippen molar-refractivity contribution in [2.75, 3.05) is 0 Å². The Morgan fingerprint density at radius 2 is 1.32 bits per heavy atom. The summed E-state index contributed by atoms with van der Waals surface area (Å²) in [5.74, 6) is 0. The van der Waals surface area contributed by atoms with Crippen LogP contribution >= 0.6 is 11.6 Å². The summed E-state index contributed by atoms with van der Waals surface area (Å²) in [6.07, 6.45) is 0. The molecule has 19 heavy (non-hydrogen) atoms. The molecule has 0 N–H and O–H groups in total. The predicted octanol–water partition coefficient (Wildman–Crippen LogP) is 5.19. The van der Waals surface area contributed by atoms with Crippen molar-refractivity contribution in [2.24, 2.45) is 0 Å². The monoisotopic (exact) mass is 263 g/mol. The first-order valence-electron chi connectivity index (χ1n) is 6.20. The highest BCUT2D eigenvalue weighted by Gasteiger charge is 2.07. The van der Waals surface area contributed by atoms with Crippen LogP contribution in [0.15, 0.2) is 60.7 Å². The first-order chi connectivity index (χ1) is 9.33. The summed E-state index contributed by atoms with van der Waals surface area (Å²) in [5.41, 5.74) is 0.947. The number of pyridine rings is 1. The van der Waals surface area contributed by atoms with Gasteiger partial charge in [0.1, 0.15) is 5.15 Å². The molecule has 0 aliphatic rings. The summed E-state index contributed by atoms with van der Waals surface area (Å²) in [7, 11) is 0. The number of rotatable bonds is 0. The maximum absolute atomic E-state index is 6.28.